The summed E-state index contributed by atoms with van der Waals surface area (Å²) >= 11 is 0. The first kappa shape index (κ1) is 20.9. The first-order chi connectivity index (χ1) is 13.6. The van der Waals surface area contributed by atoms with Gasteiger partial charge >= 0.3 is 12.1 Å². The Hall–Kier alpha value is -2.84. The SMILES string of the molecule is CCN(C(=O)OC(C)(C)C)C1CCN(c2ccc(C(=O)O)c3c2nnn3C)CC1. The van der Waals surface area contributed by atoms with E-state index in [1.54, 1.807) is 24.1 Å². The van der Waals surface area contributed by atoms with Gasteiger partial charge < -0.3 is 19.6 Å². The van der Waals surface area contributed by atoms with Gasteiger partial charge in [-0.2, -0.15) is 0 Å². The van der Waals surface area contributed by atoms with Crippen LogP contribution in [-0.2, 0) is 11.8 Å². The molecule has 1 aliphatic rings. The number of ether oxygens (including phenoxy) is 1. The molecular formula is C20H29N5O4. The van der Waals surface area contributed by atoms with Crippen molar-refractivity contribution in [2.45, 2.75) is 52.2 Å². The molecular weight excluding hydrogens is 374 g/mol. The molecule has 0 atom stereocenters. The van der Waals surface area contributed by atoms with Crippen LogP contribution in [0.3, 0.4) is 0 Å². The van der Waals surface area contributed by atoms with E-state index in [1.807, 2.05) is 27.7 Å². The second-order valence-corrected chi connectivity index (χ2v) is 8.33. The summed E-state index contributed by atoms with van der Waals surface area (Å²) in [6.07, 6.45) is 1.32. The van der Waals surface area contributed by atoms with Gasteiger partial charge in [-0.05, 0) is 52.7 Å². The summed E-state index contributed by atoms with van der Waals surface area (Å²) in [5.74, 6) is -0.999. The third-order valence-corrected chi connectivity index (χ3v) is 5.18. The van der Waals surface area contributed by atoms with Crippen LogP contribution in [0.5, 0.6) is 0 Å². The summed E-state index contributed by atoms with van der Waals surface area (Å²) in [7, 11) is 1.69. The Bertz CT molecular complexity index is 909. The summed E-state index contributed by atoms with van der Waals surface area (Å²) in [4.78, 5) is 28.0. The molecule has 9 heteroatoms. The molecule has 2 heterocycles. The van der Waals surface area contributed by atoms with Gasteiger partial charge in [-0.25, -0.2) is 14.3 Å². The van der Waals surface area contributed by atoms with Crippen LogP contribution in [0.1, 0.15) is 50.9 Å². The highest BCUT2D eigenvalue weighted by molar-refractivity contribution is 6.04. The maximum Gasteiger partial charge on any atom is 0.410 e. The number of fused-ring (bicyclic) bond motifs is 1. The van der Waals surface area contributed by atoms with Gasteiger partial charge in [0, 0.05) is 32.7 Å². The fourth-order valence-electron chi connectivity index (χ4n) is 3.85. The fourth-order valence-corrected chi connectivity index (χ4v) is 3.85. The lowest BCUT2D eigenvalue weighted by Crippen LogP contribution is -2.48. The van der Waals surface area contributed by atoms with E-state index >= 15 is 0 Å². The van der Waals surface area contributed by atoms with Gasteiger partial charge in [0.25, 0.3) is 0 Å². The zero-order valence-electron chi connectivity index (χ0n) is 17.7. The molecule has 1 aliphatic heterocycles. The van der Waals surface area contributed by atoms with E-state index in [2.05, 4.69) is 15.2 Å². The molecule has 3 rings (SSSR count). The van der Waals surface area contributed by atoms with Gasteiger partial charge in [0.2, 0.25) is 0 Å². The van der Waals surface area contributed by atoms with Crippen molar-refractivity contribution in [2.75, 3.05) is 24.5 Å². The second kappa shape index (κ2) is 7.88. The van der Waals surface area contributed by atoms with Gasteiger partial charge in [0.15, 0.2) is 0 Å². The lowest BCUT2D eigenvalue weighted by Gasteiger charge is -2.39. The maximum atomic E-state index is 12.5. The van der Waals surface area contributed by atoms with Crippen LogP contribution in [-0.4, -0.2) is 68.3 Å². The van der Waals surface area contributed by atoms with Crippen LogP contribution >= 0.6 is 0 Å². The molecule has 158 valence electrons. The van der Waals surface area contributed by atoms with Gasteiger partial charge in [0.1, 0.15) is 16.6 Å². The maximum absolute atomic E-state index is 12.5. The van der Waals surface area contributed by atoms with E-state index in [9.17, 15) is 14.7 Å². The average molecular weight is 403 g/mol. The lowest BCUT2D eigenvalue weighted by atomic mass is 10.0. The molecule has 0 saturated carbocycles. The zero-order chi connectivity index (χ0) is 21.3. The molecule has 1 saturated heterocycles. The average Bonchev–Trinajstić information content (AvgIpc) is 3.03. The molecule has 1 N–H and O–H groups in total. The zero-order valence-corrected chi connectivity index (χ0v) is 17.7. The Balaban J connectivity index is 1.77. The standard InChI is InChI=1S/C20H29N5O4/c1-6-25(19(28)29-20(2,3)4)13-9-11-24(12-10-13)15-8-7-14(18(26)27)17-16(15)21-22-23(17)5/h7-8,13H,6,9-12H2,1-5H3,(H,26,27). The minimum Gasteiger partial charge on any atom is -0.478 e. The largest absolute Gasteiger partial charge is 0.478 e. The van der Waals surface area contributed by atoms with Crippen molar-refractivity contribution >= 4 is 28.8 Å². The van der Waals surface area contributed by atoms with E-state index in [4.69, 9.17) is 4.74 Å². The van der Waals surface area contributed by atoms with Gasteiger partial charge in [-0.1, -0.05) is 5.21 Å². The molecule has 0 bridgehead atoms. The van der Waals surface area contributed by atoms with E-state index in [-0.39, 0.29) is 17.7 Å². The minimum atomic E-state index is -0.999. The first-order valence-corrected chi connectivity index (χ1v) is 9.92. The Kier molecular flexibility index (Phi) is 5.68. The Morgan fingerprint density at radius 1 is 1.28 bits per heavy atom. The van der Waals surface area contributed by atoms with E-state index in [0.717, 1.165) is 31.6 Å². The predicted molar refractivity (Wildman–Crippen MR) is 109 cm³/mol. The Labute approximate surface area is 170 Å². The molecule has 2 aromatic rings. The normalized spacial score (nSPS) is 15.6. The van der Waals surface area contributed by atoms with Crippen molar-refractivity contribution in [3.8, 4) is 0 Å². The second-order valence-electron chi connectivity index (χ2n) is 8.33. The number of carboxylic acids is 1. The van der Waals surface area contributed by atoms with E-state index < -0.39 is 11.6 Å². The number of piperidine rings is 1. The number of hydrogen-bond acceptors (Lipinski definition) is 6. The number of carboxylic acid groups (broad SMARTS) is 1. The van der Waals surface area contributed by atoms with Crippen LogP contribution < -0.4 is 4.90 Å². The Morgan fingerprint density at radius 3 is 2.48 bits per heavy atom. The first-order valence-electron chi connectivity index (χ1n) is 9.92. The number of carbonyl (C=O) groups is 2. The van der Waals surface area contributed by atoms with Crippen LogP contribution in [0.2, 0.25) is 0 Å². The number of rotatable bonds is 4. The number of aromatic nitrogens is 3. The number of amides is 1. The topological polar surface area (TPSA) is 101 Å². The van der Waals surface area contributed by atoms with Crippen molar-refractivity contribution < 1.29 is 19.4 Å². The number of anilines is 1. The summed E-state index contributed by atoms with van der Waals surface area (Å²) in [6, 6.07) is 3.52. The molecule has 1 fully saturated rings. The lowest BCUT2D eigenvalue weighted by molar-refractivity contribution is 0.0149. The number of nitrogens with zero attached hydrogens (tertiary/aromatic N) is 5. The van der Waals surface area contributed by atoms with Gasteiger partial charge in [-0.3, -0.25) is 0 Å². The van der Waals surface area contributed by atoms with Crippen molar-refractivity contribution in [3.05, 3.63) is 17.7 Å². The molecule has 29 heavy (non-hydrogen) atoms. The number of aromatic carboxylic acids is 1. The highest BCUT2D eigenvalue weighted by Crippen LogP contribution is 2.31. The number of carbonyl (C=O) groups excluding carboxylic acids is 1. The molecule has 1 amide bonds. The Morgan fingerprint density at radius 2 is 1.93 bits per heavy atom. The molecule has 0 spiro atoms. The van der Waals surface area contributed by atoms with Gasteiger partial charge in [-0.15, -0.1) is 5.10 Å². The summed E-state index contributed by atoms with van der Waals surface area (Å²) in [5, 5.41) is 17.7. The molecule has 0 unspecified atom stereocenters. The molecule has 0 radical (unpaired) electrons. The molecule has 9 nitrogen and oxygen atoms in total. The minimum absolute atomic E-state index is 0.113. The van der Waals surface area contributed by atoms with Crippen LogP contribution in [0.4, 0.5) is 10.5 Å². The van der Waals surface area contributed by atoms with E-state index in [1.165, 1.54) is 4.68 Å². The smallest absolute Gasteiger partial charge is 0.410 e. The van der Waals surface area contributed by atoms with Crippen LogP contribution in [0.25, 0.3) is 11.0 Å². The fraction of sp³-hybridized carbons (Fsp3) is 0.600. The monoisotopic (exact) mass is 403 g/mol. The van der Waals surface area contributed by atoms with Crippen molar-refractivity contribution in [2.24, 2.45) is 7.05 Å². The van der Waals surface area contributed by atoms with Crippen molar-refractivity contribution in [3.63, 3.8) is 0 Å². The number of benzene rings is 1. The summed E-state index contributed by atoms with van der Waals surface area (Å²) in [5.41, 5.74) is 1.64. The molecule has 1 aromatic heterocycles. The third kappa shape index (κ3) is 4.28. The van der Waals surface area contributed by atoms with Crippen LogP contribution in [0, 0.1) is 0 Å². The highest BCUT2D eigenvalue weighted by atomic mass is 16.6. The number of hydrogen-bond donors (Lipinski definition) is 1. The summed E-state index contributed by atoms with van der Waals surface area (Å²) < 4.78 is 7.04. The predicted octanol–water partition coefficient (Wildman–Crippen LogP) is 2.89. The molecule has 1 aromatic carbocycles. The quantitative estimate of drug-likeness (QED) is 0.837. The molecule has 0 aliphatic carbocycles. The number of aryl methyl sites for hydroxylation is 1. The van der Waals surface area contributed by atoms with Crippen molar-refractivity contribution in [1.29, 1.82) is 0 Å². The van der Waals surface area contributed by atoms with Crippen LogP contribution in [0.15, 0.2) is 12.1 Å². The van der Waals surface area contributed by atoms with E-state index in [0.29, 0.717) is 17.6 Å². The highest BCUT2D eigenvalue weighted by Gasteiger charge is 2.31. The van der Waals surface area contributed by atoms with Gasteiger partial charge in [0.05, 0.1) is 11.3 Å². The summed E-state index contributed by atoms with van der Waals surface area (Å²) in [6.45, 7) is 9.65. The van der Waals surface area contributed by atoms with Crippen molar-refractivity contribution in [1.82, 2.24) is 19.9 Å². The third-order valence-electron chi connectivity index (χ3n) is 5.18.